The number of ether oxygens (including phenoxy) is 1. The molecule has 114 valence electrons. The Morgan fingerprint density at radius 2 is 1.80 bits per heavy atom. The van der Waals surface area contributed by atoms with Gasteiger partial charge in [-0.3, -0.25) is 0 Å². The molecule has 1 atom stereocenters. The molecule has 1 unspecified atom stereocenters. The average molecular weight is 277 g/mol. The van der Waals surface area contributed by atoms with Gasteiger partial charge in [0.05, 0.1) is 7.11 Å². The van der Waals surface area contributed by atoms with E-state index in [4.69, 9.17) is 4.74 Å². The Balaban J connectivity index is 2.80. The summed E-state index contributed by atoms with van der Waals surface area (Å²) < 4.78 is 5.39. The first kappa shape index (κ1) is 17.0. The number of methoxy groups -OCH3 is 1. The maximum Gasteiger partial charge on any atom is 0.122 e. The number of rotatable bonds is 6. The number of benzene rings is 1. The third-order valence-electron chi connectivity index (χ3n) is 4.05. The van der Waals surface area contributed by atoms with Gasteiger partial charge in [-0.15, -0.1) is 0 Å². The fourth-order valence-corrected chi connectivity index (χ4v) is 2.73. The van der Waals surface area contributed by atoms with Crippen LogP contribution < -0.4 is 10.1 Å². The van der Waals surface area contributed by atoms with Gasteiger partial charge in [0.15, 0.2) is 0 Å². The van der Waals surface area contributed by atoms with Gasteiger partial charge in [-0.1, -0.05) is 33.8 Å². The second-order valence-electron chi connectivity index (χ2n) is 6.76. The van der Waals surface area contributed by atoms with Gasteiger partial charge in [-0.05, 0) is 61.4 Å². The number of nitrogens with one attached hydrogen (secondary N) is 1. The SMILES string of the molecule is CCNC(CCc1cc(C)c(OC)cc1C)C(C)(C)C. The Labute approximate surface area is 124 Å². The Bertz CT molecular complexity index is 432. The highest BCUT2D eigenvalue weighted by molar-refractivity contribution is 5.41. The largest absolute Gasteiger partial charge is 0.496 e. The zero-order valence-electron chi connectivity index (χ0n) is 14.3. The molecule has 0 aliphatic carbocycles. The molecule has 1 rings (SSSR count). The predicted octanol–water partition coefficient (Wildman–Crippen LogP) is 4.27. The van der Waals surface area contributed by atoms with E-state index in [1.807, 2.05) is 0 Å². The van der Waals surface area contributed by atoms with Crippen LogP contribution in [0.5, 0.6) is 5.75 Å². The maximum atomic E-state index is 5.39. The van der Waals surface area contributed by atoms with Crippen molar-refractivity contribution in [3.05, 3.63) is 28.8 Å². The molecule has 0 amide bonds. The van der Waals surface area contributed by atoms with Crippen LogP contribution in [0.2, 0.25) is 0 Å². The molecule has 20 heavy (non-hydrogen) atoms. The Kier molecular flexibility index (Phi) is 6.07. The van der Waals surface area contributed by atoms with Gasteiger partial charge in [0, 0.05) is 6.04 Å². The van der Waals surface area contributed by atoms with Crippen molar-refractivity contribution in [3.8, 4) is 5.75 Å². The Morgan fingerprint density at radius 1 is 1.15 bits per heavy atom. The molecule has 1 N–H and O–H groups in total. The molecule has 0 spiro atoms. The summed E-state index contributed by atoms with van der Waals surface area (Å²) in [5.41, 5.74) is 4.29. The standard InChI is InChI=1S/C18H31NO/c1-8-19-17(18(4,5)6)10-9-15-11-14(3)16(20-7)12-13(15)2/h11-12,17,19H,8-10H2,1-7H3. The van der Waals surface area contributed by atoms with E-state index < -0.39 is 0 Å². The Morgan fingerprint density at radius 3 is 2.30 bits per heavy atom. The molecular weight excluding hydrogens is 246 g/mol. The predicted molar refractivity (Wildman–Crippen MR) is 87.7 cm³/mol. The van der Waals surface area contributed by atoms with Crippen molar-refractivity contribution < 1.29 is 4.74 Å². The molecule has 0 aliphatic rings. The monoisotopic (exact) mass is 277 g/mol. The summed E-state index contributed by atoms with van der Waals surface area (Å²) in [4.78, 5) is 0. The summed E-state index contributed by atoms with van der Waals surface area (Å²) in [6, 6.07) is 4.98. The second kappa shape index (κ2) is 7.12. The summed E-state index contributed by atoms with van der Waals surface area (Å²) in [6.45, 7) is 14.4. The van der Waals surface area contributed by atoms with Crippen LogP contribution in [-0.4, -0.2) is 19.7 Å². The highest BCUT2D eigenvalue weighted by atomic mass is 16.5. The van der Waals surface area contributed by atoms with E-state index in [-0.39, 0.29) is 0 Å². The van der Waals surface area contributed by atoms with Crippen LogP contribution in [-0.2, 0) is 6.42 Å². The quantitative estimate of drug-likeness (QED) is 0.838. The molecule has 0 heterocycles. The van der Waals surface area contributed by atoms with Crippen LogP contribution in [0.15, 0.2) is 12.1 Å². The molecule has 1 aromatic carbocycles. The van der Waals surface area contributed by atoms with Gasteiger partial charge in [0.1, 0.15) is 5.75 Å². The minimum absolute atomic E-state index is 0.297. The second-order valence-corrected chi connectivity index (χ2v) is 6.76. The lowest BCUT2D eigenvalue weighted by molar-refractivity contribution is 0.258. The first-order valence-electron chi connectivity index (χ1n) is 7.67. The molecular formula is C18H31NO. The highest BCUT2D eigenvalue weighted by Gasteiger charge is 2.23. The van der Waals surface area contributed by atoms with Crippen molar-refractivity contribution in [3.63, 3.8) is 0 Å². The van der Waals surface area contributed by atoms with Gasteiger partial charge in [0.2, 0.25) is 0 Å². The zero-order valence-corrected chi connectivity index (χ0v) is 14.3. The zero-order chi connectivity index (χ0) is 15.3. The summed E-state index contributed by atoms with van der Waals surface area (Å²) in [6.07, 6.45) is 2.29. The summed E-state index contributed by atoms with van der Waals surface area (Å²) in [5, 5.41) is 3.62. The number of hydrogen-bond donors (Lipinski definition) is 1. The van der Waals surface area contributed by atoms with Gasteiger partial charge >= 0.3 is 0 Å². The lowest BCUT2D eigenvalue weighted by Gasteiger charge is -2.31. The van der Waals surface area contributed by atoms with Crippen molar-refractivity contribution in [2.24, 2.45) is 5.41 Å². The third-order valence-corrected chi connectivity index (χ3v) is 4.05. The molecule has 2 heteroatoms. The van der Waals surface area contributed by atoms with Gasteiger partial charge in [-0.2, -0.15) is 0 Å². The number of hydrogen-bond acceptors (Lipinski definition) is 2. The van der Waals surface area contributed by atoms with Crippen molar-refractivity contribution >= 4 is 0 Å². The van der Waals surface area contributed by atoms with Crippen molar-refractivity contribution in [1.29, 1.82) is 0 Å². The first-order valence-corrected chi connectivity index (χ1v) is 7.67. The molecule has 0 aromatic heterocycles. The molecule has 0 radical (unpaired) electrons. The summed E-state index contributed by atoms with van der Waals surface area (Å²) in [5.74, 6) is 0.991. The van der Waals surface area contributed by atoms with Crippen LogP contribution in [0.3, 0.4) is 0 Å². The van der Waals surface area contributed by atoms with Crippen LogP contribution >= 0.6 is 0 Å². The van der Waals surface area contributed by atoms with Crippen molar-refractivity contribution in [1.82, 2.24) is 5.32 Å². The normalized spacial score (nSPS) is 13.3. The molecule has 0 saturated carbocycles. The molecule has 0 saturated heterocycles. The van der Waals surface area contributed by atoms with Crippen LogP contribution in [0, 0.1) is 19.3 Å². The van der Waals surface area contributed by atoms with Crippen molar-refractivity contribution in [2.75, 3.05) is 13.7 Å². The molecule has 2 nitrogen and oxygen atoms in total. The van der Waals surface area contributed by atoms with Gasteiger partial charge in [-0.25, -0.2) is 0 Å². The molecule has 0 aliphatic heterocycles. The smallest absolute Gasteiger partial charge is 0.122 e. The fraction of sp³-hybridized carbons (Fsp3) is 0.667. The number of aryl methyl sites for hydroxylation is 3. The average Bonchev–Trinajstić information content (AvgIpc) is 2.36. The molecule has 0 fully saturated rings. The van der Waals surface area contributed by atoms with Crippen molar-refractivity contribution in [2.45, 2.75) is 60.4 Å². The van der Waals surface area contributed by atoms with E-state index in [0.717, 1.165) is 18.7 Å². The Hall–Kier alpha value is -1.02. The van der Waals surface area contributed by atoms with Gasteiger partial charge in [0.25, 0.3) is 0 Å². The van der Waals surface area contributed by atoms with Crippen LogP contribution in [0.4, 0.5) is 0 Å². The van der Waals surface area contributed by atoms with Crippen LogP contribution in [0.1, 0.15) is 50.8 Å². The molecule has 0 bridgehead atoms. The third kappa shape index (κ3) is 4.52. The topological polar surface area (TPSA) is 21.3 Å². The van der Waals surface area contributed by atoms with Crippen LogP contribution in [0.25, 0.3) is 0 Å². The fourth-order valence-electron chi connectivity index (χ4n) is 2.73. The van der Waals surface area contributed by atoms with E-state index in [1.54, 1.807) is 7.11 Å². The minimum Gasteiger partial charge on any atom is -0.496 e. The summed E-state index contributed by atoms with van der Waals surface area (Å²) >= 11 is 0. The lowest BCUT2D eigenvalue weighted by Crippen LogP contribution is -2.40. The van der Waals surface area contributed by atoms with Gasteiger partial charge < -0.3 is 10.1 Å². The lowest BCUT2D eigenvalue weighted by atomic mass is 9.83. The van der Waals surface area contributed by atoms with E-state index >= 15 is 0 Å². The van der Waals surface area contributed by atoms with E-state index in [2.05, 4.69) is 59.0 Å². The first-order chi connectivity index (χ1) is 9.29. The van der Waals surface area contributed by atoms with E-state index in [9.17, 15) is 0 Å². The minimum atomic E-state index is 0.297. The highest BCUT2D eigenvalue weighted by Crippen LogP contribution is 2.27. The van der Waals surface area contributed by atoms with E-state index in [0.29, 0.717) is 11.5 Å². The summed E-state index contributed by atoms with van der Waals surface area (Å²) in [7, 11) is 1.74. The maximum absolute atomic E-state index is 5.39. The van der Waals surface area contributed by atoms with E-state index in [1.165, 1.54) is 23.1 Å². The molecule has 1 aromatic rings.